The highest BCUT2D eigenvalue weighted by Gasteiger charge is 2.12. The predicted molar refractivity (Wildman–Crippen MR) is 76.9 cm³/mol. The Morgan fingerprint density at radius 1 is 1.30 bits per heavy atom. The summed E-state index contributed by atoms with van der Waals surface area (Å²) in [7, 11) is 0. The van der Waals surface area contributed by atoms with Crippen LogP contribution in [0.1, 0.15) is 11.7 Å². The summed E-state index contributed by atoms with van der Waals surface area (Å²) in [5.41, 5.74) is 1.01. The largest absolute Gasteiger partial charge is 0.386 e. The molecule has 0 bridgehead atoms. The summed E-state index contributed by atoms with van der Waals surface area (Å²) in [5, 5.41) is 14.7. The maximum Gasteiger partial charge on any atom is 0.262 e. The molecule has 0 amide bonds. The summed E-state index contributed by atoms with van der Waals surface area (Å²) in [6.07, 6.45) is 0.748. The molecule has 6 nitrogen and oxygen atoms in total. The molecule has 20 heavy (non-hydrogen) atoms. The molecule has 1 aromatic carbocycles. The van der Waals surface area contributed by atoms with Gasteiger partial charge in [-0.3, -0.25) is 9.78 Å². The molecule has 7 heteroatoms. The van der Waals surface area contributed by atoms with E-state index >= 15 is 0 Å². The lowest BCUT2D eigenvalue weighted by Crippen LogP contribution is -2.12. The molecule has 0 aliphatic rings. The van der Waals surface area contributed by atoms with Crippen LogP contribution in [0.3, 0.4) is 0 Å². The molecule has 0 aliphatic heterocycles. The van der Waals surface area contributed by atoms with Crippen molar-refractivity contribution in [1.29, 1.82) is 0 Å². The predicted octanol–water partition coefficient (Wildman–Crippen LogP) is 1.52. The van der Waals surface area contributed by atoms with Crippen molar-refractivity contribution < 1.29 is 5.11 Å². The Morgan fingerprint density at radius 2 is 2.05 bits per heavy atom. The SMILES string of the molecule is O=c1[nH]c(=S)[nH]c2c1cnn2C[C@H](O)c1ccccc1. The van der Waals surface area contributed by atoms with Crippen LogP contribution in [0, 0.1) is 4.77 Å². The normalized spacial score (nSPS) is 12.7. The van der Waals surface area contributed by atoms with E-state index in [0.717, 1.165) is 5.56 Å². The van der Waals surface area contributed by atoms with Gasteiger partial charge in [0.1, 0.15) is 11.0 Å². The number of aliphatic hydroxyl groups excluding tert-OH is 1. The molecule has 0 spiro atoms. The summed E-state index contributed by atoms with van der Waals surface area (Å²) < 4.78 is 1.77. The minimum atomic E-state index is -0.708. The van der Waals surface area contributed by atoms with E-state index in [1.165, 1.54) is 10.9 Å². The van der Waals surface area contributed by atoms with E-state index in [9.17, 15) is 9.90 Å². The maximum absolute atomic E-state index is 11.7. The molecule has 3 rings (SSSR count). The zero-order valence-electron chi connectivity index (χ0n) is 10.4. The Kier molecular flexibility index (Phi) is 3.21. The van der Waals surface area contributed by atoms with Crippen LogP contribution < -0.4 is 5.56 Å². The quantitative estimate of drug-likeness (QED) is 0.638. The second-order valence-corrected chi connectivity index (χ2v) is 4.83. The van der Waals surface area contributed by atoms with Crippen LogP contribution in [0.2, 0.25) is 0 Å². The van der Waals surface area contributed by atoms with Crippen molar-refractivity contribution in [3.63, 3.8) is 0 Å². The van der Waals surface area contributed by atoms with E-state index in [0.29, 0.717) is 11.0 Å². The van der Waals surface area contributed by atoms with Crippen molar-refractivity contribution in [2.75, 3.05) is 0 Å². The second kappa shape index (κ2) is 5.03. The lowest BCUT2D eigenvalue weighted by molar-refractivity contribution is 0.153. The summed E-state index contributed by atoms with van der Waals surface area (Å²) in [6, 6.07) is 9.28. The van der Waals surface area contributed by atoms with Crippen molar-refractivity contribution in [3.8, 4) is 0 Å². The molecule has 0 unspecified atom stereocenters. The number of hydrogen-bond donors (Lipinski definition) is 3. The van der Waals surface area contributed by atoms with E-state index in [-0.39, 0.29) is 16.9 Å². The van der Waals surface area contributed by atoms with E-state index in [2.05, 4.69) is 15.1 Å². The number of nitrogens with one attached hydrogen (secondary N) is 2. The monoisotopic (exact) mass is 288 g/mol. The third kappa shape index (κ3) is 2.28. The Labute approximate surface area is 118 Å². The molecule has 0 aliphatic carbocycles. The number of aromatic nitrogens is 4. The van der Waals surface area contributed by atoms with Gasteiger partial charge in [0.2, 0.25) is 0 Å². The number of fused-ring (bicyclic) bond motifs is 1. The van der Waals surface area contributed by atoms with Gasteiger partial charge in [0.05, 0.1) is 18.8 Å². The van der Waals surface area contributed by atoms with Crippen LogP contribution in [0.15, 0.2) is 41.3 Å². The first kappa shape index (κ1) is 12.8. The molecule has 0 radical (unpaired) electrons. The van der Waals surface area contributed by atoms with E-state index < -0.39 is 6.10 Å². The summed E-state index contributed by atoms with van der Waals surface area (Å²) in [5.74, 6) is 0. The fourth-order valence-electron chi connectivity index (χ4n) is 2.08. The van der Waals surface area contributed by atoms with Gasteiger partial charge in [0.15, 0.2) is 4.77 Å². The van der Waals surface area contributed by atoms with Crippen molar-refractivity contribution in [3.05, 3.63) is 57.2 Å². The molecule has 2 heterocycles. The maximum atomic E-state index is 11.7. The van der Waals surface area contributed by atoms with Gasteiger partial charge >= 0.3 is 0 Å². The number of aliphatic hydroxyl groups is 1. The number of H-pyrrole nitrogens is 2. The molecule has 2 aromatic heterocycles. The van der Waals surface area contributed by atoms with Crippen LogP contribution in [0.5, 0.6) is 0 Å². The average Bonchev–Trinajstić information content (AvgIpc) is 2.83. The molecule has 0 fully saturated rings. The Balaban J connectivity index is 2.00. The Morgan fingerprint density at radius 3 is 2.80 bits per heavy atom. The standard InChI is InChI=1S/C13H12N4O2S/c18-10(8-4-2-1-3-5-8)7-17-11-9(6-14-17)12(19)16-13(20)15-11/h1-6,10,18H,7H2,(H2,15,16,19,20)/t10-/m0/s1. The van der Waals surface area contributed by atoms with Crippen LogP contribution in [-0.2, 0) is 6.54 Å². The van der Waals surface area contributed by atoms with Crippen LogP contribution in [0.4, 0.5) is 0 Å². The summed E-state index contributed by atoms with van der Waals surface area (Å²) in [4.78, 5) is 17.1. The minimum absolute atomic E-state index is 0.235. The molecular formula is C13H12N4O2S. The van der Waals surface area contributed by atoms with Gasteiger partial charge < -0.3 is 10.1 Å². The molecular weight excluding hydrogens is 276 g/mol. The molecule has 3 aromatic rings. The number of benzene rings is 1. The van der Waals surface area contributed by atoms with Gasteiger partial charge in [-0.25, -0.2) is 4.68 Å². The highest BCUT2D eigenvalue weighted by atomic mass is 32.1. The summed E-state index contributed by atoms with van der Waals surface area (Å²) in [6.45, 7) is 0.238. The molecule has 0 saturated carbocycles. The van der Waals surface area contributed by atoms with Crippen LogP contribution >= 0.6 is 12.2 Å². The van der Waals surface area contributed by atoms with Gasteiger partial charge in [0, 0.05) is 0 Å². The van der Waals surface area contributed by atoms with Gasteiger partial charge in [-0.2, -0.15) is 5.10 Å². The fourth-order valence-corrected chi connectivity index (χ4v) is 2.26. The number of aromatic amines is 2. The summed E-state index contributed by atoms with van der Waals surface area (Å²) >= 11 is 4.94. The number of nitrogens with zero attached hydrogens (tertiary/aromatic N) is 2. The zero-order valence-corrected chi connectivity index (χ0v) is 11.2. The van der Waals surface area contributed by atoms with Crippen molar-refractivity contribution in [2.24, 2.45) is 0 Å². The van der Waals surface area contributed by atoms with Crippen LogP contribution in [0.25, 0.3) is 11.0 Å². The van der Waals surface area contributed by atoms with E-state index in [1.807, 2.05) is 30.3 Å². The highest BCUT2D eigenvalue weighted by molar-refractivity contribution is 7.71. The molecule has 1 atom stereocenters. The third-order valence-corrected chi connectivity index (χ3v) is 3.28. The lowest BCUT2D eigenvalue weighted by Gasteiger charge is -2.11. The highest BCUT2D eigenvalue weighted by Crippen LogP contribution is 2.16. The first-order valence-electron chi connectivity index (χ1n) is 6.06. The van der Waals surface area contributed by atoms with Gasteiger partial charge in [-0.1, -0.05) is 30.3 Å². The Bertz CT molecular complexity index is 850. The van der Waals surface area contributed by atoms with Gasteiger partial charge in [-0.15, -0.1) is 0 Å². The second-order valence-electron chi connectivity index (χ2n) is 4.42. The van der Waals surface area contributed by atoms with Crippen molar-refractivity contribution in [1.82, 2.24) is 19.7 Å². The zero-order chi connectivity index (χ0) is 14.1. The van der Waals surface area contributed by atoms with E-state index in [1.54, 1.807) is 0 Å². The van der Waals surface area contributed by atoms with Gasteiger partial charge in [0.25, 0.3) is 5.56 Å². The Hall–Kier alpha value is -2.25. The van der Waals surface area contributed by atoms with E-state index in [4.69, 9.17) is 12.2 Å². The first-order valence-corrected chi connectivity index (χ1v) is 6.47. The lowest BCUT2D eigenvalue weighted by atomic mass is 10.1. The third-order valence-electron chi connectivity index (χ3n) is 3.07. The molecule has 102 valence electrons. The molecule has 0 saturated heterocycles. The fraction of sp³-hybridized carbons (Fsp3) is 0.154. The number of rotatable bonds is 3. The topological polar surface area (TPSA) is 86.7 Å². The van der Waals surface area contributed by atoms with Crippen LogP contribution in [-0.4, -0.2) is 24.9 Å². The first-order chi connectivity index (χ1) is 9.65. The van der Waals surface area contributed by atoms with Crippen molar-refractivity contribution >= 4 is 23.3 Å². The molecule has 3 N–H and O–H groups in total. The van der Waals surface area contributed by atoms with Crippen molar-refractivity contribution in [2.45, 2.75) is 12.6 Å². The smallest absolute Gasteiger partial charge is 0.262 e. The van der Waals surface area contributed by atoms with Gasteiger partial charge in [-0.05, 0) is 17.8 Å². The number of hydrogen-bond acceptors (Lipinski definition) is 4. The average molecular weight is 288 g/mol. The minimum Gasteiger partial charge on any atom is -0.386 e.